The number of anilines is 1. The highest BCUT2D eigenvalue weighted by molar-refractivity contribution is 5.47. The lowest BCUT2D eigenvalue weighted by molar-refractivity contribution is 0.109. The molecule has 0 atom stereocenters. The minimum Gasteiger partial charge on any atom is -0.376 e. The molecule has 0 unspecified atom stereocenters. The highest BCUT2D eigenvalue weighted by atomic mass is 16.5. The number of nitrogens with one attached hydrogen (secondary N) is 1. The maximum absolute atomic E-state index is 5.52. The van der Waals surface area contributed by atoms with Gasteiger partial charge in [-0.15, -0.1) is 0 Å². The van der Waals surface area contributed by atoms with E-state index in [1.165, 1.54) is 44.2 Å². The van der Waals surface area contributed by atoms with Crippen LogP contribution in [0.3, 0.4) is 0 Å². The third-order valence-electron chi connectivity index (χ3n) is 4.30. The molecule has 0 saturated heterocycles. The Morgan fingerprint density at radius 2 is 1.89 bits per heavy atom. The molecule has 2 heterocycles. The van der Waals surface area contributed by atoms with Crippen LogP contribution in [0.2, 0.25) is 0 Å². The maximum atomic E-state index is 5.52. The van der Waals surface area contributed by atoms with Gasteiger partial charge in [0.05, 0.1) is 18.9 Å². The molecule has 1 aromatic rings. The fourth-order valence-electron chi connectivity index (χ4n) is 3.18. The molecule has 4 heteroatoms. The van der Waals surface area contributed by atoms with E-state index >= 15 is 0 Å². The van der Waals surface area contributed by atoms with Gasteiger partial charge < -0.3 is 10.1 Å². The number of aromatic nitrogens is 2. The first-order chi connectivity index (χ1) is 9.38. The third kappa shape index (κ3) is 2.73. The highest BCUT2D eigenvalue weighted by Gasteiger charge is 2.22. The van der Waals surface area contributed by atoms with Gasteiger partial charge in [0.1, 0.15) is 11.6 Å². The van der Waals surface area contributed by atoms with Gasteiger partial charge in [-0.05, 0) is 12.8 Å². The molecule has 0 bridgehead atoms. The largest absolute Gasteiger partial charge is 0.376 e. The zero-order valence-electron chi connectivity index (χ0n) is 11.7. The summed E-state index contributed by atoms with van der Waals surface area (Å²) in [6, 6.07) is 0. The smallest absolute Gasteiger partial charge is 0.135 e. The molecular weight excluding hydrogens is 238 g/mol. The van der Waals surface area contributed by atoms with Crippen molar-refractivity contribution in [2.24, 2.45) is 0 Å². The monoisotopic (exact) mass is 261 g/mol. The van der Waals surface area contributed by atoms with Crippen LogP contribution < -0.4 is 5.32 Å². The van der Waals surface area contributed by atoms with E-state index in [0.717, 1.165) is 30.2 Å². The first kappa shape index (κ1) is 12.9. The Morgan fingerprint density at radius 1 is 1.11 bits per heavy atom. The first-order valence-electron chi connectivity index (χ1n) is 7.53. The Balaban J connectivity index is 1.92. The van der Waals surface area contributed by atoms with Gasteiger partial charge in [0, 0.05) is 24.9 Å². The lowest BCUT2D eigenvalue weighted by Crippen LogP contribution is -2.18. The molecular formula is C15H23N3O. The van der Waals surface area contributed by atoms with Crippen LogP contribution in [0.15, 0.2) is 0 Å². The molecule has 1 aliphatic heterocycles. The van der Waals surface area contributed by atoms with Gasteiger partial charge in [-0.3, -0.25) is 0 Å². The van der Waals surface area contributed by atoms with Gasteiger partial charge in [0.2, 0.25) is 0 Å². The van der Waals surface area contributed by atoms with Crippen LogP contribution in [0, 0.1) is 0 Å². The molecule has 1 aromatic heterocycles. The predicted octanol–water partition coefficient (Wildman–Crippen LogP) is 3.03. The summed E-state index contributed by atoms with van der Waals surface area (Å²) in [4.78, 5) is 9.62. The zero-order chi connectivity index (χ0) is 13.1. The Morgan fingerprint density at radius 3 is 2.63 bits per heavy atom. The molecule has 3 rings (SSSR count). The first-order valence-corrected chi connectivity index (χ1v) is 7.53. The summed E-state index contributed by atoms with van der Waals surface area (Å²) in [6.07, 6.45) is 8.80. The predicted molar refractivity (Wildman–Crippen MR) is 75.4 cm³/mol. The van der Waals surface area contributed by atoms with Crippen molar-refractivity contribution in [1.29, 1.82) is 0 Å². The number of ether oxygens (including phenoxy) is 1. The zero-order valence-corrected chi connectivity index (χ0v) is 11.7. The van der Waals surface area contributed by atoms with E-state index in [0.29, 0.717) is 12.5 Å². The summed E-state index contributed by atoms with van der Waals surface area (Å²) in [5.74, 6) is 2.60. The fraction of sp³-hybridized carbons (Fsp3) is 0.733. The van der Waals surface area contributed by atoms with Crippen molar-refractivity contribution in [1.82, 2.24) is 9.97 Å². The Hall–Kier alpha value is -1.16. The van der Waals surface area contributed by atoms with E-state index in [-0.39, 0.29) is 0 Å². The van der Waals surface area contributed by atoms with Gasteiger partial charge in [-0.1, -0.05) is 25.7 Å². The molecule has 1 N–H and O–H groups in total. The van der Waals surface area contributed by atoms with Crippen LogP contribution in [0.5, 0.6) is 0 Å². The lowest BCUT2D eigenvalue weighted by atomic mass is 9.98. The van der Waals surface area contributed by atoms with Gasteiger partial charge in [0.25, 0.3) is 0 Å². The van der Waals surface area contributed by atoms with E-state index < -0.39 is 0 Å². The third-order valence-corrected chi connectivity index (χ3v) is 4.30. The van der Waals surface area contributed by atoms with Crippen molar-refractivity contribution >= 4 is 5.82 Å². The van der Waals surface area contributed by atoms with Gasteiger partial charge in [-0.25, -0.2) is 9.97 Å². The van der Waals surface area contributed by atoms with Crippen molar-refractivity contribution in [3.63, 3.8) is 0 Å². The molecule has 1 saturated carbocycles. The van der Waals surface area contributed by atoms with E-state index in [4.69, 9.17) is 14.7 Å². The second-order valence-electron chi connectivity index (χ2n) is 5.60. The fourth-order valence-corrected chi connectivity index (χ4v) is 3.18. The molecule has 19 heavy (non-hydrogen) atoms. The molecule has 104 valence electrons. The summed E-state index contributed by atoms with van der Waals surface area (Å²) in [6.45, 7) is 1.44. The molecule has 1 fully saturated rings. The van der Waals surface area contributed by atoms with E-state index in [1.807, 2.05) is 7.05 Å². The molecule has 4 nitrogen and oxygen atoms in total. The molecule has 1 aliphatic carbocycles. The van der Waals surface area contributed by atoms with Crippen molar-refractivity contribution in [2.45, 2.75) is 57.5 Å². The van der Waals surface area contributed by atoms with Gasteiger partial charge >= 0.3 is 0 Å². The summed E-state index contributed by atoms with van der Waals surface area (Å²) in [7, 11) is 1.94. The molecule has 2 aliphatic rings. The Labute approximate surface area is 115 Å². The summed E-state index contributed by atoms with van der Waals surface area (Å²) >= 11 is 0. The van der Waals surface area contributed by atoms with E-state index in [2.05, 4.69) is 5.32 Å². The van der Waals surface area contributed by atoms with Crippen LogP contribution in [-0.4, -0.2) is 23.6 Å². The minimum atomic E-state index is 0.558. The van der Waals surface area contributed by atoms with Crippen LogP contribution in [0.1, 0.15) is 61.5 Å². The minimum absolute atomic E-state index is 0.558. The maximum Gasteiger partial charge on any atom is 0.135 e. The van der Waals surface area contributed by atoms with Crippen molar-refractivity contribution < 1.29 is 4.74 Å². The second kappa shape index (κ2) is 5.87. The van der Waals surface area contributed by atoms with Crippen molar-refractivity contribution in [3.05, 3.63) is 17.1 Å². The molecule has 0 aromatic carbocycles. The number of fused-ring (bicyclic) bond motifs is 1. The van der Waals surface area contributed by atoms with Crippen LogP contribution in [-0.2, 0) is 17.8 Å². The van der Waals surface area contributed by atoms with Crippen molar-refractivity contribution in [3.8, 4) is 0 Å². The van der Waals surface area contributed by atoms with Crippen LogP contribution in [0.25, 0.3) is 0 Å². The average molecular weight is 261 g/mol. The number of hydrogen-bond acceptors (Lipinski definition) is 4. The number of rotatable bonds is 2. The Kier molecular flexibility index (Phi) is 3.97. The number of hydrogen-bond donors (Lipinski definition) is 1. The highest BCUT2D eigenvalue weighted by Crippen LogP contribution is 2.32. The Bertz CT molecular complexity index is 422. The second-order valence-corrected chi connectivity index (χ2v) is 5.60. The van der Waals surface area contributed by atoms with E-state index in [9.17, 15) is 0 Å². The van der Waals surface area contributed by atoms with Crippen LogP contribution in [0.4, 0.5) is 5.82 Å². The van der Waals surface area contributed by atoms with E-state index in [1.54, 1.807) is 0 Å². The van der Waals surface area contributed by atoms with Crippen molar-refractivity contribution in [2.75, 3.05) is 19.0 Å². The summed E-state index contributed by atoms with van der Waals surface area (Å²) in [5.41, 5.74) is 2.36. The van der Waals surface area contributed by atoms with Crippen LogP contribution >= 0.6 is 0 Å². The molecule has 0 spiro atoms. The van der Waals surface area contributed by atoms with Gasteiger partial charge in [0.15, 0.2) is 0 Å². The standard InChI is InChI=1S/C15H23N3O/c1-16-15-12-10-19-9-8-13(12)17-14(18-15)11-6-4-2-3-5-7-11/h11H,2-10H2,1H3,(H,16,17,18). The SMILES string of the molecule is CNc1nc(C2CCCCCC2)nc2c1COCC2. The summed E-state index contributed by atoms with van der Waals surface area (Å²) < 4.78 is 5.52. The summed E-state index contributed by atoms with van der Waals surface area (Å²) in [5, 5.41) is 3.22. The lowest BCUT2D eigenvalue weighted by Gasteiger charge is -2.21. The number of nitrogens with zero attached hydrogens (tertiary/aromatic N) is 2. The molecule has 0 radical (unpaired) electrons. The topological polar surface area (TPSA) is 47.0 Å². The molecule has 0 amide bonds. The quantitative estimate of drug-likeness (QED) is 0.831. The average Bonchev–Trinajstić information content (AvgIpc) is 2.75. The van der Waals surface area contributed by atoms with Gasteiger partial charge in [-0.2, -0.15) is 0 Å². The normalized spacial score (nSPS) is 20.7.